The molecule has 4 aromatic rings. The SMILES string of the molecule is CCOc1cc(C(=O)N/N=C/c2cc(Cl)c(OCc3ccccc3Cl)c(OCC)c2)ccc1OCc1ccccc1. The number of rotatable bonds is 13. The molecule has 1 N–H and O–H groups in total. The Morgan fingerprint density at radius 1 is 0.756 bits per heavy atom. The Hall–Kier alpha value is -4.20. The lowest BCUT2D eigenvalue weighted by Crippen LogP contribution is -2.17. The Kier molecular flexibility index (Phi) is 10.9. The van der Waals surface area contributed by atoms with Gasteiger partial charge < -0.3 is 18.9 Å². The average molecular weight is 594 g/mol. The molecule has 0 unspecified atom stereocenters. The molecular formula is C32H30Cl2N2O5. The standard InChI is InChI=1S/C32H30Cl2N2O5/c1-3-38-29-18-24(14-15-28(29)40-20-22-10-6-5-7-11-22)32(37)36-35-19-23-16-27(34)31(30(17-23)39-4-2)41-21-25-12-8-9-13-26(25)33/h5-19H,3-4,20-21H2,1-2H3,(H,36,37)/b35-19+. The van der Waals surface area contributed by atoms with E-state index in [0.29, 0.717) is 64.0 Å². The van der Waals surface area contributed by atoms with Gasteiger partial charge in [0.15, 0.2) is 23.0 Å². The second kappa shape index (κ2) is 15.0. The highest BCUT2D eigenvalue weighted by atomic mass is 35.5. The third kappa shape index (κ3) is 8.39. The number of carbonyl (C=O) groups is 1. The lowest BCUT2D eigenvalue weighted by Gasteiger charge is -2.15. The molecule has 0 saturated heterocycles. The van der Waals surface area contributed by atoms with Gasteiger partial charge in [-0.3, -0.25) is 4.79 Å². The number of carbonyl (C=O) groups excluding carboxylic acids is 1. The van der Waals surface area contributed by atoms with Crippen LogP contribution in [-0.2, 0) is 13.2 Å². The number of amides is 1. The minimum Gasteiger partial charge on any atom is -0.490 e. The predicted octanol–water partition coefficient (Wildman–Crippen LogP) is 7.71. The van der Waals surface area contributed by atoms with Crippen molar-refractivity contribution in [3.05, 3.63) is 117 Å². The molecule has 0 saturated carbocycles. The van der Waals surface area contributed by atoms with Crippen LogP contribution in [0.5, 0.6) is 23.0 Å². The van der Waals surface area contributed by atoms with Crippen LogP contribution < -0.4 is 24.4 Å². The molecule has 0 aliphatic rings. The van der Waals surface area contributed by atoms with E-state index in [4.69, 9.17) is 42.1 Å². The van der Waals surface area contributed by atoms with Crippen LogP contribution in [0.2, 0.25) is 10.0 Å². The molecule has 7 nitrogen and oxygen atoms in total. The molecular weight excluding hydrogens is 563 g/mol. The van der Waals surface area contributed by atoms with Gasteiger partial charge in [0.25, 0.3) is 5.91 Å². The quantitative estimate of drug-likeness (QED) is 0.127. The van der Waals surface area contributed by atoms with Crippen LogP contribution in [-0.4, -0.2) is 25.3 Å². The summed E-state index contributed by atoms with van der Waals surface area (Å²) in [7, 11) is 0. The van der Waals surface area contributed by atoms with Crippen LogP contribution >= 0.6 is 23.2 Å². The number of nitrogens with one attached hydrogen (secondary N) is 1. The molecule has 0 atom stereocenters. The van der Waals surface area contributed by atoms with Crippen molar-refractivity contribution in [3.63, 3.8) is 0 Å². The Morgan fingerprint density at radius 3 is 2.24 bits per heavy atom. The zero-order valence-electron chi connectivity index (χ0n) is 22.7. The second-order valence-corrected chi connectivity index (χ2v) is 9.53. The molecule has 41 heavy (non-hydrogen) atoms. The zero-order chi connectivity index (χ0) is 29.0. The Morgan fingerprint density at radius 2 is 1.49 bits per heavy atom. The van der Waals surface area contributed by atoms with Crippen LogP contribution in [0.4, 0.5) is 0 Å². The van der Waals surface area contributed by atoms with Crippen LogP contribution in [0.3, 0.4) is 0 Å². The fourth-order valence-corrected chi connectivity index (χ4v) is 4.30. The molecule has 0 heterocycles. The van der Waals surface area contributed by atoms with Gasteiger partial charge in [-0.25, -0.2) is 5.43 Å². The van der Waals surface area contributed by atoms with E-state index in [0.717, 1.165) is 11.1 Å². The highest BCUT2D eigenvalue weighted by molar-refractivity contribution is 6.32. The van der Waals surface area contributed by atoms with E-state index >= 15 is 0 Å². The largest absolute Gasteiger partial charge is 0.490 e. The van der Waals surface area contributed by atoms with Crippen LogP contribution in [0.1, 0.15) is 40.9 Å². The summed E-state index contributed by atoms with van der Waals surface area (Å²) >= 11 is 12.8. The molecule has 4 aromatic carbocycles. The van der Waals surface area contributed by atoms with E-state index in [-0.39, 0.29) is 6.61 Å². The molecule has 0 bridgehead atoms. The molecule has 0 aliphatic heterocycles. The topological polar surface area (TPSA) is 78.4 Å². The Labute approximate surface area is 249 Å². The van der Waals surface area contributed by atoms with Gasteiger partial charge in [0.05, 0.1) is 24.5 Å². The lowest BCUT2D eigenvalue weighted by molar-refractivity contribution is 0.0954. The number of hydrogen-bond acceptors (Lipinski definition) is 6. The van der Waals surface area contributed by atoms with Crippen LogP contribution in [0, 0.1) is 0 Å². The molecule has 1 amide bonds. The number of hydrogen-bond donors (Lipinski definition) is 1. The molecule has 0 fully saturated rings. The summed E-state index contributed by atoms with van der Waals surface area (Å²) in [5.74, 6) is 1.46. The van der Waals surface area contributed by atoms with Crippen LogP contribution in [0.25, 0.3) is 0 Å². The normalized spacial score (nSPS) is 10.8. The van der Waals surface area contributed by atoms with E-state index in [1.54, 1.807) is 36.4 Å². The maximum absolute atomic E-state index is 12.8. The Bertz CT molecular complexity index is 1500. The molecule has 0 spiro atoms. The van der Waals surface area contributed by atoms with Gasteiger partial charge in [-0.2, -0.15) is 5.10 Å². The van der Waals surface area contributed by atoms with E-state index in [2.05, 4.69) is 10.5 Å². The summed E-state index contributed by atoms with van der Waals surface area (Å²) in [6.07, 6.45) is 1.48. The molecule has 0 radical (unpaired) electrons. The molecule has 212 valence electrons. The summed E-state index contributed by atoms with van der Waals surface area (Å²) in [6, 6.07) is 25.6. The van der Waals surface area contributed by atoms with Crippen LogP contribution in [0.15, 0.2) is 90.0 Å². The summed E-state index contributed by atoms with van der Waals surface area (Å²) in [6.45, 7) is 5.17. The number of halogens is 2. The van der Waals surface area contributed by atoms with Crippen molar-refractivity contribution in [2.24, 2.45) is 5.10 Å². The van der Waals surface area contributed by atoms with Crippen molar-refractivity contribution >= 4 is 35.3 Å². The highest BCUT2D eigenvalue weighted by Gasteiger charge is 2.14. The minimum atomic E-state index is -0.410. The zero-order valence-corrected chi connectivity index (χ0v) is 24.2. The summed E-state index contributed by atoms with van der Waals surface area (Å²) in [4.78, 5) is 12.8. The van der Waals surface area contributed by atoms with Gasteiger partial charge in [0.1, 0.15) is 13.2 Å². The number of ether oxygens (including phenoxy) is 4. The smallest absolute Gasteiger partial charge is 0.271 e. The van der Waals surface area contributed by atoms with Gasteiger partial charge in [-0.1, -0.05) is 71.7 Å². The van der Waals surface area contributed by atoms with E-state index in [9.17, 15) is 4.79 Å². The van der Waals surface area contributed by atoms with Crippen molar-refractivity contribution in [2.75, 3.05) is 13.2 Å². The van der Waals surface area contributed by atoms with Gasteiger partial charge in [0.2, 0.25) is 0 Å². The summed E-state index contributed by atoms with van der Waals surface area (Å²) in [5, 5.41) is 5.04. The first kappa shape index (κ1) is 29.8. The summed E-state index contributed by atoms with van der Waals surface area (Å²) in [5.41, 5.74) is 5.37. The fourth-order valence-electron chi connectivity index (χ4n) is 3.83. The van der Waals surface area contributed by atoms with E-state index < -0.39 is 5.91 Å². The molecule has 0 aliphatic carbocycles. The minimum absolute atomic E-state index is 0.225. The van der Waals surface area contributed by atoms with Gasteiger partial charge in [-0.15, -0.1) is 0 Å². The molecule has 0 aromatic heterocycles. The highest BCUT2D eigenvalue weighted by Crippen LogP contribution is 2.37. The van der Waals surface area contributed by atoms with E-state index in [1.165, 1.54) is 6.21 Å². The number of nitrogens with zero attached hydrogens (tertiary/aromatic N) is 1. The first-order valence-electron chi connectivity index (χ1n) is 13.1. The monoisotopic (exact) mass is 592 g/mol. The predicted molar refractivity (Wildman–Crippen MR) is 162 cm³/mol. The second-order valence-electron chi connectivity index (χ2n) is 8.71. The third-order valence-electron chi connectivity index (χ3n) is 5.78. The first-order chi connectivity index (χ1) is 20.0. The van der Waals surface area contributed by atoms with Crippen molar-refractivity contribution in [3.8, 4) is 23.0 Å². The first-order valence-corrected chi connectivity index (χ1v) is 13.8. The van der Waals surface area contributed by atoms with Gasteiger partial charge in [0, 0.05) is 16.1 Å². The van der Waals surface area contributed by atoms with E-state index in [1.807, 2.05) is 62.4 Å². The molecule has 4 rings (SSSR count). The average Bonchev–Trinajstić information content (AvgIpc) is 2.97. The maximum Gasteiger partial charge on any atom is 0.271 e. The van der Waals surface area contributed by atoms with Crippen molar-refractivity contribution < 1.29 is 23.7 Å². The molecule has 9 heteroatoms. The third-order valence-corrected chi connectivity index (χ3v) is 6.43. The lowest BCUT2D eigenvalue weighted by atomic mass is 10.2. The van der Waals surface area contributed by atoms with Crippen molar-refractivity contribution in [2.45, 2.75) is 27.1 Å². The van der Waals surface area contributed by atoms with Gasteiger partial charge in [-0.05, 0) is 61.4 Å². The number of hydrazone groups is 1. The summed E-state index contributed by atoms with van der Waals surface area (Å²) < 4.78 is 23.3. The van der Waals surface area contributed by atoms with Gasteiger partial charge >= 0.3 is 0 Å². The Balaban J connectivity index is 1.42. The van der Waals surface area contributed by atoms with Crippen molar-refractivity contribution in [1.82, 2.24) is 5.43 Å². The maximum atomic E-state index is 12.8. The number of benzene rings is 4. The van der Waals surface area contributed by atoms with Crippen molar-refractivity contribution in [1.29, 1.82) is 0 Å². The fraction of sp³-hybridized carbons (Fsp3) is 0.188.